The van der Waals surface area contributed by atoms with E-state index in [0.717, 1.165) is 24.2 Å². The van der Waals surface area contributed by atoms with Crippen LogP contribution in [-0.4, -0.2) is 19.5 Å². The fourth-order valence-corrected chi connectivity index (χ4v) is 1.89. The molecule has 0 aromatic heterocycles. The van der Waals surface area contributed by atoms with Crippen LogP contribution in [0.15, 0.2) is 18.2 Å². The molecule has 16 heavy (non-hydrogen) atoms. The van der Waals surface area contributed by atoms with Crippen molar-refractivity contribution in [2.24, 2.45) is 0 Å². The van der Waals surface area contributed by atoms with Gasteiger partial charge in [0.1, 0.15) is 6.67 Å². The zero-order valence-corrected chi connectivity index (χ0v) is 8.91. The molecule has 0 amide bonds. The van der Waals surface area contributed by atoms with Gasteiger partial charge in [0.25, 0.3) is 0 Å². The summed E-state index contributed by atoms with van der Waals surface area (Å²) in [5.74, 6) is 1.46. The lowest BCUT2D eigenvalue weighted by Gasteiger charge is -2.15. The molecular weight excluding hydrogens is 209 g/mol. The predicted molar refractivity (Wildman–Crippen MR) is 57.4 cm³/mol. The fraction of sp³-hybridized carbons (Fsp3) is 0.500. The van der Waals surface area contributed by atoms with Crippen molar-refractivity contribution >= 4 is 0 Å². The molecule has 3 rings (SSSR count). The number of halogens is 1. The number of rotatable bonds is 4. The second kappa shape index (κ2) is 3.94. The van der Waals surface area contributed by atoms with Gasteiger partial charge in [0.15, 0.2) is 11.5 Å². The highest BCUT2D eigenvalue weighted by Crippen LogP contribution is 2.35. The molecule has 1 aliphatic heterocycles. The maximum atomic E-state index is 12.9. The van der Waals surface area contributed by atoms with Crippen LogP contribution in [0.3, 0.4) is 0 Å². The van der Waals surface area contributed by atoms with Crippen LogP contribution in [0.2, 0.25) is 0 Å². The normalized spacial score (nSPS) is 19.8. The Morgan fingerprint density at radius 3 is 2.88 bits per heavy atom. The Labute approximate surface area is 93.6 Å². The van der Waals surface area contributed by atoms with Crippen molar-refractivity contribution in [1.82, 2.24) is 5.32 Å². The average molecular weight is 223 g/mol. The lowest BCUT2D eigenvalue weighted by atomic mass is 10.1. The first-order chi connectivity index (χ1) is 7.86. The van der Waals surface area contributed by atoms with Gasteiger partial charge < -0.3 is 14.8 Å². The molecule has 0 radical (unpaired) electrons. The standard InChI is InChI=1S/C12H14FNO2/c13-6-10(14-9-2-3-9)8-1-4-11-12(5-8)16-7-15-11/h1,4-5,9-10,14H,2-3,6-7H2. The Morgan fingerprint density at radius 2 is 2.12 bits per heavy atom. The first kappa shape index (κ1) is 9.90. The summed E-state index contributed by atoms with van der Waals surface area (Å²) in [5, 5.41) is 3.28. The molecule has 1 N–H and O–H groups in total. The van der Waals surface area contributed by atoms with Gasteiger partial charge in [-0.3, -0.25) is 0 Å². The van der Waals surface area contributed by atoms with E-state index in [1.807, 2.05) is 18.2 Å². The predicted octanol–water partition coefficient (Wildman–Crippen LogP) is 2.18. The van der Waals surface area contributed by atoms with E-state index in [2.05, 4.69) is 5.32 Å². The van der Waals surface area contributed by atoms with Crippen molar-refractivity contribution in [3.8, 4) is 11.5 Å². The van der Waals surface area contributed by atoms with Gasteiger partial charge in [-0.2, -0.15) is 0 Å². The topological polar surface area (TPSA) is 30.5 Å². The van der Waals surface area contributed by atoms with Gasteiger partial charge in [0, 0.05) is 6.04 Å². The second-order valence-corrected chi connectivity index (χ2v) is 4.26. The molecule has 1 heterocycles. The van der Waals surface area contributed by atoms with Crippen LogP contribution in [0.25, 0.3) is 0 Å². The lowest BCUT2D eigenvalue weighted by molar-refractivity contribution is 0.174. The zero-order chi connectivity index (χ0) is 11.0. The quantitative estimate of drug-likeness (QED) is 0.848. The second-order valence-electron chi connectivity index (χ2n) is 4.26. The maximum absolute atomic E-state index is 12.9. The molecule has 1 saturated carbocycles. The minimum atomic E-state index is -0.393. The highest BCUT2D eigenvalue weighted by Gasteiger charge is 2.26. The summed E-state index contributed by atoms with van der Waals surface area (Å²) in [6.07, 6.45) is 2.31. The van der Waals surface area contributed by atoms with E-state index >= 15 is 0 Å². The molecule has 1 atom stereocenters. The molecule has 3 nitrogen and oxygen atoms in total. The van der Waals surface area contributed by atoms with Crippen LogP contribution in [0.5, 0.6) is 11.5 Å². The fourth-order valence-electron chi connectivity index (χ4n) is 1.89. The van der Waals surface area contributed by atoms with Crippen molar-refractivity contribution in [2.75, 3.05) is 13.5 Å². The Morgan fingerprint density at radius 1 is 1.31 bits per heavy atom. The summed E-state index contributed by atoms with van der Waals surface area (Å²) in [6, 6.07) is 5.87. The summed E-state index contributed by atoms with van der Waals surface area (Å²) < 4.78 is 23.5. The third-order valence-corrected chi connectivity index (χ3v) is 2.97. The van der Waals surface area contributed by atoms with Crippen LogP contribution in [0.4, 0.5) is 4.39 Å². The highest BCUT2D eigenvalue weighted by atomic mass is 19.1. The average Bonchev–Trinajstić information content (AvgIpc) is 3.01. The molecule has 4 heteroatoms. The molecular formula is C12H14FNO2. The number of ether oxygens (including phenoxy) is 2. The van der Waals surface area contributed by atoms with Crippen LogP contribution >= 0.6 is 0 Å². The van der Waals surface area contributed by atoms with Crippen molar-refractivity contribution in [1.29, 1.82) is 0 Å². The smallest absolute Gasteiger partial charge is 0.231 e. The molecule has 1 aliphatic carbocycles. The van der Waals surface area contributed by atoms with E-state index in [4.69, 9.17) is 9.47 Å². The van der Waals surface area contributed by atoms with Gasteiger partial charge in [0.2, 0.25) is 6.79 Å². The number of benzene rings is 1. The van der Waals surface area contributed by atoms with Gasteiger partial charge in [0.05, 0.1) is 6.04 Å². The minimum absolute atomic E-state index is 0.220. The number of nitrogens with one attached hydrogen (secondary N) is 1. The third kappa shape index (κ3) is 1.85. The Kier molecular flexibility index (Phi) is 2.44. The van der Waals surface area contributed by atoms with Crippen LogP contribution in [0, 0.1) is 0 Å². The van der Waals surface area contributed by atoms with E-state index in [-0.39, 0.29) is 12.8 Å². The highest BCUT2D eigenvalue weighted by molar-refractivity contribution is 5.45. The molecule has 1 unspecified atom stereocenters. The van der Waals surface area contributed by atoms with Gasteiger partial charge in [-0.05, 0) is 30.5 Å². The Bertz CT molecular complexity index is 393. The van der Waals surface area contributed by atoms with Crippen LogP contribution in [-0.2, 0) is 0 Å². The number of alkyl halides is 1. The number of hydrogen-bond donors (Lipinski definition) is 1. The maximum Gasteiger partial charge on any atom is 0.231 e. The van der Waals surface area contributed by atoms with Gasteiger partial charge in [-0.1, -0.05) is 6.07 Å². The molecule has 86 valence electrons. The Hall–Kier alpha value is -1.29. The Balaban J connectivity index is 1.80. The monoisotopic (exact) mass is 223 g/mol. The SMILES string of the molecule is FCC(NC1CC1)c1ccc2c(c1)OCO2. The van der Waals surface area contributed by atoms with E-state index in [0.29, 0.717) is 11.8 Å². The number of fused-ring (bicyclic) bond motifs is 1. The van der Waals surface area contributed by atoms with Crippen LogP contribution < -0.4 is 14.8 Å². The zero-order valence-electron chi connectivity index (χ0n) is 8.91. The van der Waals surface area contributed by atoms with E-state index in [1.165, 1.54) is 0 Å². The molecule has 0 spiro atoms. The summed E-state index contributed by atoms with van der Waals surface area (Å²) in [6.45, 7) is -0.134. The van der Waals surface area contributed by atoms with E-state index in [1.54, 1.807) is 0 Å². The molecule has 0 saturated heterocycles. The molecule has 1 aromatic rings. The van der Waals surface area contributed by atoms with Gasteiger partial charge >= 0.3 is 0 Å². The largest absolute Gasteiger partial charge is 0.454 e. The minimum Gasteiger partial charge on any atom is -0.454 e. The van der Waals surface area contributed by atoms with Gasteiger partial charge in [-0.25, -0.2) is 4.39 Å². The molecule has 1 fully saturated rings. The first-order valence-electron chi connectivity index (χ1n) is 5.58. The van der Waals surface area contributed by atoms with Crippen LogP contribution in [0.1, 0.15) is 24.4 Å². The molecule has 0 bridgehead atoms. The summed E-state index contributed by atoms with van der Waals surface area (Å²) in [4.78, 5) is 0. The third-order valence-electron chi connectivity index (χ3n) is 2.97. The van der Waals surface area contributed by atoms with Crippen molar-refractivity contribution in [2.45, 2.75) is 24.9 Å². The van der Waals surface area contributed by atoms with Crippen molar-refractivity contribution < 1.29 is 13.9 Å². The van der Waals surface area contributed by atoms with E-state index in [9.17, 15) is 4.39 Å². The summed E-state index contributed by atoms with van der Waals surface area (Å²) in [7, 11) is 0. The summed E-state index contributed by atoms with van der Waals surface area (Å²) >= 11 is 0. The molecule has 2 aliphatic rings. The summed E-state index contributed by atoms with van der Waals surface area (Å²) in [5.41, 5.74) is 0.929. The van der Waals surface area contributed by atoms with Crippen molar-refractivity contribution in [3.63, 3.8) is 0 Å². The number of hydrogen-bond acceptors (Lipinski definition) is 3. The lowest BCUT2D eigenvalue weighted by Crippen LogP contribution is -2.24. The van der Waals surface area contributed by atoms with Crippen molar-refractivity contribution in [3.05, 3.63) is 23.8 Å². The molecule has 1 aromatic carbocycles. The first-order valence-corrected chi connectivity index (χ1v) is 5.58. The van der Waals surface area contributed by atoms with Gasteiger partial charge in [-0.15, -0.1) is 0 Å². The van der Waals surface area contributed by atoms with E-state index < -0.39 is 6.67 Å².